The van der Waals surface area contributed by atoms with Gasteiger partial charge in [-0.1, -0.05) is 18.2 Å². The molecular formula is C19H21N5O2. The number of para-hydroxylation sites is 1. The number of ether oxygens (including phenoxy) is 1. The molecule has 0 saturated heterocycles. The van der Waals surface area contributed by atoms with Crippen molar-refractivity contribution in [3.05, 3.63) is 67.3 Å². The summed E-state index contributed by atoms with van der Waals surface area (Å²) in [6, 6.07) is 15.0. The van der Waals surface area contributed by atoms with Crippen molar-refractivity contribution in [2.24, 2.45) is 0 Å². The van der Waals surface area contributed by atoms with E-state index < -0.39 is 6.10 Å². The number of nitrogens with zero attached hydrogens (tertiary/aromatic N) is 3. The van der Waals surface area contributed by atoms with E-state index in [-0.39, 0.29) is 5.91 Å². The van der Waals surface area contributed by atoms with Crippen LogP contribution >= 0.6 is 0 Å². The van der Waals surface area contributed by atoms with E-state index in [1.54, 1.807) is 6.92 Å². The fourth-order valence-corrected chi connectivity index (χ4v) is 2.35. The third-order valence-electron chi connectivity index (χ3n) is 3.68. The minimum Gasteiger partial charge on any atom is -0.481 e. The summed E-state index contributed by atoms with van der Waals surface area (Å²) in [5, 5.41) is 6.01. The van der Waals surface area contributed by atoms with Crippen LogP contribution in [0.15, 0.2) is 67.3 Å². The molecule has 7 nitrogen and oxygen atoms in total. The zero-order chi connectivity index (χ0) is 18.2. The summed E-state index contributed by atoms with van der Waals surface area (Å²) >= 11 is 0. The van der Waals surface area contributed by atoms with Crippen LogP contribution in [-0.2, 0) is 4.79 Å². The van der Waals surface area contributed by atoms with Crippen molar-refractivity contribution >= 4 is 11.7 Å². The number of hydrogen-bond donors (Lipinski definition) is 2. The smallest absolute Gasteiger partial charge is 0.260 e. The van der Waals surface area contributed by atoms with Crippen LogP contribution in [0, 0.1) is 0 Å². The van der Waals surface area contributed by atoms with Crippen molar-refractivity contribution in [1.82, 2.24) is 19.9 Å². The van der Waals surface area contributed by atoms with Gasteiger partial charge in [0.2, 0.25) is 0 Å². The number of amides is 1. The van der Waals surface area contributed by atoms with E-state index in [0.717, 1.165) is 5.82 Å². The van der Waals surface area contributed by atoms with Gasteiger partial charge < -0.3 is 19.9 Å². The average Bonchev–Trinajstić information content (AvgIpc) is 3.21. The van der Waals surface area contributed by atoms with Crippen molar-refractivity contribution in [3.63, 3.8) is 0 Å². The molecule has 0 saturated carbocycles. The molecule has 2 aromatic heterocycles. The number of rotatable bonds is 8. The summed E-state index contributed by atoms with van der Waals surface area (Å²) in [5.41, 5.74) is 0. The van der Waals surface area contributed by atoms with Crippen LogP contribution in [0.25, 0.3) is 5.82 Å². The second-order valence-corrected chi connectivity index (χ2v) is 5.64. The Bertz CT molecular complexity index is 821. The molecule has 0 aliphatic carbocycles. The molecule has 0 aliphatic rings. The highest BCUT2D eigenvalue weighted by molar-refractivity contribution is 5.80. The standard InChI is InChI=1S/C19H21N5O2/c1-15(26-16-7-3-2-4-8-16)19(25)21-10-9-20-17-13-18(23-14-22-17)24-11-5-6-12-24/h2-8,11-15H,9-10H2,1H3,(H,21,25)(H,20,22,23). The molecule has 1 atom stereocenters. The number of benzene rings is 1. The molecule has 0 aliphatic heterocycles. The van der Waals surface area contributed by atoms with Gasteiger partial charge in [-0.25, -0.2) is 9.97 Å². The van der Waals surface area contributed by atoms with E-state index in [9.17, 15) is 4.79 Å². The molecule has 0 fully saturated rings. The summed E-state index contributed by atoms with van der Waals surface area (Å²) < 4.78 is 7.49. The molecule has 1 aromatic carbocycles. The quantitative estimate of drug-likeness (QED) is 0.609. The van der Waals surface area contributed by atoms with Gasteiger partial charge in [0.1, 0.15) is 23.7 Å². The van der Waals surface area contributed by atoms with Gasteiger partial charge in [-0.05, 0) is 31.2 Å². The molecule has 1 amide bonds. The molecule has 26 heavy (non-hydrogen) atoms. The molecule has 0 bridgehead atoms. The number of aromatic nitrogens is 3. The van der Waals surface area contributed by atoms with Crippen LogP contribution in [0.3, 0.4) is 0 Å². The van der Waals surface area contributed by atoms with E-state index in [4.69, 9.17) is 4.74 Å². The molecule has 2 N–H and O–H groups in total. The first-order valence-corrected chi connectivity index (χ1v) is 8.41. The molecule has 1 unspecified atom stereocenters. The first-order valence-electron chi connectivity index (χ1n) is 8.41. The van der Waals surface area contributed by atoms with Gasteiger partial charge in [0.25, 0.3) is 5.91 Å². The Balaban J connectivity index is 1.42. The lowest BCUT2D eigenvalue weighted by Gasteiger charge is -2.15. The van der Waals surface area contributed by atoms with Crippen LogP contribution in [0.4, 0.5) is 5.82 Å². The Morgan fingerprint density at radius 1 is 1.12 bits per heavy atom. The Morgan fingerprint density at radius 3 is 2.65 bits per heavy atom. The maximum Gasteiger partial charge on any atom is 0.260 e. The van der Waals surface area contributed by atoms with Gasteiger partial charge in [-0.3, -0.25) is 4.79 Å². The van der Waals surface area contributed by atoms with Gasteiger partial charge >= 0.3 is 0 Å². The molecular weight excluding hydrogens is 330 g/mol. The minimum atomic E-state index is -0.559. The average molecular weight is 351 g/mol. The lowest BCUT2D eigenvalue weighted by atomic mass is 10.3. The predicted molar refractivity (Wildman–Crippen MR) is 99.4 cm³/mol. The van der Waals surface area contributed by atoms with Crippen LogP contribution in [0.1, 0.15) is 6.92 Å². The SMILES string of the molecule is CC(Oc1ccccc1)C(=O)NCCNc1cc(-n2cccc2)ncn1. The zero-order valence-corrected chi connectivity index (χ0v) is 14.5. The van der Waals surface area contributed by atoms with Crippen LogP contribution in [0.2, 0.25) is 0 Å². The maximum atomic E-state index is 12.1. The van der Waals surface area contributed by atoms with E-state index in [1.807, 2.05) is 65.5 Å². The van der Waals surface area contributed by atoms with Crippen molar-refractivity contribution < 1.29 is 9.53 Å². The first kappa shape index (κ1) is 17.5. The normalized spacial score (nSPS) is 11.6. The van der Waals surface area contributed by atoms with Crippen molar-refractivity contribution in [2.75, 3.05) is 18.4 Å². The Labute approximate surface area is 152 Å². The summed E-state index contributed by atoms with van der Waals surface area (Å²) in [6.07, 6.45) is 4.78. The van der Waals surface area contributed by atoms with E-state index in [2.05, 4.69) is 20.6 Å². The number of anilines is 1. The highest BCUT2D eigenvalue weighted by atomic mass is 16.5. The first-order chi connectivity index (χ1) is 12.7. The van der Waals surface area contributed by atoms with E-state index >= 15 is 0 Å². The number of hydrogen-bond acceptors (Lipinski definition) is 5. The van der Waals surface area contributed by atoms with E-state index in [1.165, 1.54) is 6.33 Å². The van der Waals surface area contributed by atoms with Gasteiger partial charge in [-0.2, -0.15) is 0 Å². The van der Waals surface area contributed by atoms with Gasteiger partial charge in [0, 0.05) is 31.5 Å². The highest BCUT2D eigenvalue weighted by Crippen LogP contribution is 2.11. The molecule has 2 heterocycles. The fourth-order valence-electron chi connectivity index (χ4n) is 2.35. The Morgan fingerprint density at radius 2 is 1.88 bits per heavy atom. The third kappa shape index (κ3) is 4.83. The van der Waals surface area contributed by atoms with Crippen LogP contribution < -0.4 is 15.4 Å². The minimum absolute atomic E-state index is 0.161. The lowest BCUT2D eigenvalue weighted by Crippen LogP contribution is -2.38. The fraction of sp³-hybridized carbons (Fsp3) is 0.211. The summed E-state index contributed by atoms with van der Waals surface area (Å²) in [6.45, 7) is 2.74. The second kappa shape index (κ2) is 8.66. The molecule has 134 valence electrons. The number of carbonyl (C=O) groups is 1. The molecule has 3 rings (SSSR count). The van der Waals surface area contributed by atoms with Crippen molar-refractivity contribution in [3.8, 4) is 11.6 Å². The summed E-state index contributed by atoms with van der Waals surface area (Å²) in [5.74, 6) is 1.99. The third-order valence-corrected chi connectivity index (χ3v) is 3.68. The topological polar surface area (TPSA) is 81.1 Å². The number of carbonyl (C=O) groups excluding carboxylic acids is 1. The molecule has 0 spiro atoms. The van der Waals surface area contributed by atoms with Crippen LogP contribution in [-0.4, -0.2) is 39.6 Å². The maximum absolute atomic E-state index is 12.1. The Kier molecular flexibility index (Phi) is 5.82. The highest BCUT2D eigenvalue weighted by Gasteiger charge is 2.13. The lowest BCUT2D eigenvalue weighted by molar-refractivity contribution is -0.127. The monoisotopic (exact) mass is 351 g/mol. The van der Waals surface area contributed by atoms with Gasteiger partial charge in [-0.15, -0.1) is 0 Å². The molecule has 7 heteroatoms. The van der Waals surface area contributed by atoms with Gasteiger partial charge in [0.15, 0.2) is 6.10 Å². The van der Waals surface area contributed by atoms with Crippen molar-refractivity contribution in [2.45, 2.75) is 13.0 Å². The van der Waals surface area contributed by atoms with E-state index in [0.29, 0.717) is 24.7 Å². The number of nitrogens with one attached hydrogen (secondary N) is 2. The van der Waals surface area contributed by atoms with Gasteiger partial charge in [0.05, 0.1) is 0 Å². The molecule has 0 radical (unpaired) electrons. The zero-order valence-electron chi connectivity index (χ0n) is 14.5. The van der Waals surface area contributed by atoms with Crippen molar-refractivity contribution in [1.29, 1.82) is 0 Å². The predicted octanol–water partition coefficient (Wildman–Crippen LogP) is 2.26. The second-order valence-electron chi connectivity index (χ2n) is 5.64. The summed E-state index contributed by atoms with van der Waals surface area (Å²) in [7, 11) is 0. The Hall–Kier alpha value is -3.35. The largest absolute Gasteiger partial charge is 0.481 e. The van der Waals surface area contributed by atoms with Crippen LogP contribution in [0.5, 0.6) is 5.75 Å². The molecule has 3 aromatic rings. The summed E-state index contributed by atoms with van der Waals surface area (Å²) in [4.78, 5) is 20.5.